The van der Waals surface area contributed by atoms with Crippen molar-refractivity contribution in [1.82, 2.24) is 30.1 Å². The summed E-state index contributed by atoms with van der Waals surface area (Å²) in [6.07, 6.45) is 5.35. The molecule has 4 N–H and O–H groups in total. The van der Waals surface area contributed by atoms with E-state index in [1.807, 2.05) is 0 Å². The van der Waals surface area contributed by atoms with Gasteiger partial charge >= 0.3 is 0 Å². The molecule has 0 amide bonds. The Morgan fingerprint density at radius 2 is 1.97 bits per heavy atom. The number of hydrogen-bond acceptors (Lipinski definition) is 7. The molecule has 9 heteroatoms. The Balaban J connectivity index is 1.31. The highest BCUT2D eigenvalue weighted by Gasteiger charge is 2.24. The van der Waals surface area contributed by atoms with Crippen molar-refractivity contribution in [2.24, 2.45) is 5.73 Å². The van der Waals surface area contributed by atoms with Crippen LogP contribution in [0.4, 0.5) is 5.82 Å². The molecule has 0 aliphatic carbocycles. The second-order valence-electron chi connectivity index (χ2n) is 8.55. The minimum Gasteiger partial charge on any atom is -0.353 e. The van der Waals surface area contributed by atoms with Gasteiger partial charge < -0.3 is 15.6 Å². The number of anilines is 1. The Labute approximate surface area is 198 Å². The topological polar surface area (TPSA) is 112 Å². The summed E-state index contributed by atoms with van der Waals surface area (Å²) in [5.41, 5.74) is 12.4. The Morgan fingerprint density at radius 3 is 2.82 bits per heavy atom. The van der Waals surface area contributed by atoms with Crippen molar-refractivity contribution in [2.45, 2.75) is 6.04 Å². The molecule has 0 spiro atoms. The quantitative estimate of drug-likeness (QED) is 0.356. The molecular formula is C25H20N8S. The van der Waals surface area contributed by atoms with Crippen LogP contribution in [0, 0.1) is 0 Å². The Morgan fingerprint density at radius 1 is 1.03 bits per heavy atom. The SMILES string of the molecule is NC1CN(c2cncc(-c3cnc4[nH]nc(-c5cc6c(-c7cccs7)cccc6[nH]5)c4c3)n2)C1. The van der Waals surface area contributed by atoms with Crippen molar-refractivity contribution < 1.29 is 0 Å². The average Bonchev–Trinajstić information content (AvgIpc) is 3.60. The minimum absolute atomic E-state index is 0.202. The molecular weight excluding hydrogens is 444 g/mol. The molecule has 166 valence electrons. The number of nitrogens with one attached hydrogen (secondary N) is 2. The zero-order valence-electron chi connectivity index (χ0n) is 18.1. The lowest BCUT2D eigenvalue weighted by atomic mass is 10.1. The van der Waals surface area contributed by atoms with Crippen molar-refractivity contribution in [3.05, 3.63) is 66.4 Å². The van der Waals surface area contributed by atoms with Gasteiger partial charge in [0.25, 0.3) is 0 Å². The largest absolute Gasteiger partial charge is 0.353 e. The fourth-order valence-corrected chi connectivity index (χ4v) is 5.29. The van der Waals surface area contributed by atoms with Gasteiger partial charge in [0.1, 0.15) is 11.5 Å². The van der Waals surface area contributed by atoms with Crippen LogP contribution in [0.15, 0.2) is 66.4 Å². The van der Waals surface area contributed by atoms with Gasteiger partial charge in [-0.3, -0.25) is 10.1 Å². The summed E-state index contributed by atoms with van der Waals surface area (Å²) < 4.78 is 0. The maximum atomic E-state index is 5.93. The number of nitrogens with zero attached hydrogens (tertiary/aromatic N) is 5. The van der Waals surface area contributed by atoms with Crippen LogP contribution in [0.5, 0.6) is 0 Å². The standard InChI is InChI=1S/C25H20N8S/c26-15-12-33(13-15)23-11-27-10-21(30-23)14-7-18-24(31-32-25(18)28-9-14)20-8-17-16(22-5-2-6-34-22)3-1-4-19(17)29-20/h1-11,15,29H,12-13,26H2,(H,28,31,32). The predicted molar refractivity (Wildman–Crippen MR) is 136 cm³/mol. The van der Waals surface area contributed by atoms with Crippen LogP contribution in [-0.4, -0.2) is 49.3 Å². The third-order valence-corrected chi connectivity index (χ3v) is 7.18. The molecule has 5 aromatic heterocycles. The lowest BCUT2D eigenvalue weighted by molar-refractivity contribution is 0.514. The van der Waals surface area contributed by atoms with Crippen molar-refractivity contribution in [3.8, 4) is 33.1 Å². The van der Waals surface area contributed by atoms with Crippen molar-refractivity contribution in [1.29, 1.82) is 0 Å². The lowest BCUT2D eigenvalue weighted by Gasteiger charge is -2.37. The van der Waals surface area contributed by atoms with Gasteiger partial charge in [-0.05, 0) is 29.6 Å². The zero-order chi connectivity index (χ0) is 22.6. The second kappa shape index (κ2) is 7.47. The maximum absolute atomic E-state index is 5.93. The van der Waals surface area contributed by atoms with Crippen molar-refractivity contribution in [3.63, 3.8) is 0 Å². The summed E-state index contributed by atoms with van der Waals surface area (Å²) in [4.78, 5) is 20.7. The smallest absolute Gasteiger partial charge is 0.155 e. The van der Waals surface area contributed by atoms with Gasteiger partial charge in [0.15, 0.2) is 5.65 Å². The number of nitrogens with two attached hydrogens (primary N) is 1. The van der Waals surface area contributed by atoms with Crippen LogP contribution in [0.3, 0.4) is 0 Å². The number of aromatic amines is 2. The summed E-state index contributed by atoms with van der Waals surface area (Å²) in [6, 6.07) is 15.0. The molecule has 1 aromatic carbocycles. The first-order valence-electron chi connectivity index (χ1n) is 11.1. The van der Waals surface area contributed by atoms with E-state index >= 15 is 0 Å². The number of hydrogen-bond donors (Lipinski definition) is 3. The highest BCUT2D eigenvalue weighted by Crippen LogP contribution is 2.36. The molecule has 0 bridgehead atoms. The molecule has 1 aliphatic rings. The van der Waals surface area contributed by atoms with Gasteiger partial charge in [0, 0.05) is 57.6 Å². The zero-order valence-corrected chi connectivity index (χ0v) is 18.9. The normalized spacial score (nSPS) is 14.2. The first-order chi connectivity index (χ1) is 16.7. The first kappa shape index (κ1) is 19.4. The van der Waals surface area contributed by atoms with Crippen LogP contribution in [0.2, 0.25) is 0 Å². The fraction of sp³-hybridized carbons (Fsp3) is 0.120. The molecule has 0 saturated carbocycles. The Hall–Kier alpha value is -4.08. The number of benzene rings is 1. The predicted octanol–water partition coefficient (Wildman–Crippen LogP) is 4.44. The fourth-order valence-electron chi connectivity index (χ4n) is 4.53. The molecule has 6 heterocycles. The van der Waals surface area contributed by atoms with E-state index < -0.39 is 0 Å². The molecule has 7 rings (SSSR count). The summed E-state index contributed by atoms with van der Waals surface area (Å²) in [5, 5.41) is 11.9. The molecule has 0 atom stereocenters. The Kier molecular flexibility index (Phi) is 4.26. The maximum Gasteiger partial charge on any atom is 0.155 e. The average molecular weight is 465 g/mol. The van der Waals surface area contributed by atoms with Crippen LogP contribution in [-0.2, 0) is 0 Å². The summed E-state index contributed by atoms with van der Waals surface area (Å²) in [5.74, 6) is 0.837. The molecule has 0 unspecified atom stereocenters. The third kappa shape index (κ3) is 3.09. The van der Waals surface area contributed by atoms with Crippen LogP contribution in [0.1, 0.15) is 0 Å². The van der Waals surface area contributed by atoms with Gasteiger partial charge in [0.05, 0.1) is 23.8 Å². The van der Waals surface area contributed by atoms with E-state index in [0.717, 1.165) is 58.1 Å². The first-order valence-corrected chi connectivity index (χ1v) is 11.9. The summed E-state index contributed by atoms with van der Waals surface area (Å²) >= 11 is 1.74. The highest BCUT2D eigenvalue weighted by molar-refractivity contribution is 7.13. The molecule has 34 heavy (non-hydrogen) atoms. The number of pyridine rings is 1. The van der Waals surface area contributed by atoms with Crippen LogP contribution >= 0.6 is 11.3 Å². The van der Waals surface area contributed by atoms with Crippen molar-refractivity contribution in [2.75, 3.05) is 18.0 Å². The van der Waals surface area contributed by atoms with Crippen LogP contribution < -0.4 is 10.6 Å². The van der Waals surface area contributed by atoms with Gasteiger partial charge in [-0.15, -0.1) is 11.3 Å². The van der Waals surface area contributed by atoms with E-state index in [-0.39, 0.29) is 6.04 Å². The molecule has 0 radical (unpaired) electrons. The van der Waals surface area contributed by atoms with Gasteiger partial charge in [-0.1, -0.05) is 18.2 Å². The van der Waals surface area contributed by atoms with E-state index in [9.17, 15) is 0 Å². The molecule has 8 nitrogen and oxygen atoms in total. The highest BCUT2D eigenvalue weighted by atomic mass is 32.1. The van der Waals surface area contributed by atoms with Gasteiger partial charge in [-0.2, -0.15) is 5.10 Å². The van der Waals surface area contributed by atoms with Crippen molar-refractivity contribution >= 4 is 39.1 Å². The summed E-state index contributed by atoms with van der Waals surface area (Å²) in [7, 11) is 0. The monoisotopic (exact) mass is 464 g/mol. The third-order valence-electron chi connectivity index (χ3n) is 6.27. The number of thiophene rings is 1. The second-order valence-corrected chi connectivity index (χ2v) is 9.49. The van der Waals surface area contributed by atoms with E-state index in [4.69, 9.17) is 10.7 Å². The number of rotatable bonds is 4. The minimum atomic E-state index is 0.202. The van der Waals surface area contributed by atoms with Gasteiger partial charge in [-0.25, -0.2) is 9.97 Å². The lowest BCUT2D eigenvalue weighted by Crippen LogP contribution is -2.56. The molecule has 1 saturated heterocycles. The molecule has 1 fully saturated rings. The Bertz CT molecular complexity index is 1640. The van der Waals surface area contributed by atoms with E-state index in [2.05, 4.69) is 77.9 Å². The molecule has 1 aliphatic heterocycles. The number of H-pyrrole nitrogens is 2. The van der Waals surface area contributed by atoms with E-state index in [1.165, 1.54) is 15.8 Å². The number of fused-ring (bicyclic) bond motifs is 2. The van der Waals surface area contributed by atoms with Gasteiger partial charge in [0.2, 0.25) is 0 Å². The number of aromatic nitrogens is 6. The summed E-state index contributed by atoms with van der Waals surface area (Å²) in [6.45, 7) is 1.60. The molecule has 6 aromatic rings. The van der Waals surface area contributed by atoms with E-state index in [0.29, 0.717) is 0 Å². The van der Waals surface area contributed by atoms with Crippen LogP contribution in [0.25, 0.3) is 55.0 Å². The van der Waals surface area contributed by atoms with E-state index in [1.54, 1.807) is 29.9 Å².